The highest BCUT2D eigenvalue weighted by Gasteiger charge is 2.15. The minimum atomic E-state index is -0.120. The third-order valence-electron chi connectivity index (χ3n) is 4.37. The van der Waals surface area contributed by atoms with Crippen LogP contribution in [0.1, 0.15) is 26.7 Å². The monoisotopic (exact) mass is 324 g/mol. The number of amides is 1. The molecular formula is C19H24N4O. The van der Waals surface area contributed by atoms with Crippen molar-refractivity contribution in [2.24, 2.45) is 5.92 Å². The van der Waals surface area contributed by atoms with Gasteiger partial charge in [-0.15, -0.1) is 0 Å². The number of benzene rings is 1. The lowest BCUT2D eigenvalue weighted by Crippen LogP contribution is -2.32. The van der Waals surface area contributed by atoms with Gasteiger partial charge in [-0.1, -0.05) is 6.92 Å². The highest BCUT2D eigenvalue weighted by molar-refractivity contribution is 5.87. The summed E-state index contributed by atoms with van der Waals surface area (Å²) in [6.07, 6.45) is 4.25. The van der Waals surface area contributed by atoms with Crippen LogP contribution in [-0.4, -0.2) is 24.0 Å². The van der Waals surface area contributed by atoms with E-state index in [1.807, 2.05) is 6.07 Å². The standard InChI is InChI=1S/C19H24N4O/c1-14-9-11-23(12-10-14)18-6-3-16(4-7-18)22-17-5-8-19(20-13-17)21-15(2)24/h3-8,13-14,22H,9-12H2,1-2H3,(H,20,21,24). The van der Waals surface area contributed by atoms with Crippen LogP contribution in [0.5, 0.6) is 0 Å². The van der Waals surface area contributed by atoms with Gasteiger partial charge in [0.2, 0.25) is 5.91 Å². The summed E-state index contributed by atoms with van der Waals surface area (Å²) in [6, 6.07) is 12.2. The number of hydrogen-bond acceptors (Lipinski definition) is 4. The molecule has 2 N–H and O–H groups in total. The Labute approximate surface area is 143 Å². The number of carbonyl (C=O) groups excluding carboxylic acids is 1. The molecule has 5 nitrogen and oxygen atoms in total. The average molecular weight is 324 g/mol. The topological polar surface area (TPSA) is 57.3 Å². The highest BCUT2D eigenvalue weighted by Crippen LogP contribution is 2.25. The molecule has 0 unspecified atom stereocenters. The van der Waals surface area contributed by atoms with E-state index in [2.05, 4.69) is 51.7 Å². The number of piperidine rings is 1. The Hall–Kier alpha value is -2.56. The highest BCUT2D eigenvalue weighted by atomic mass is 16.1. The van der Waals surface area contributed by atoms with Gasteiger partial charge in [0.05, 0.1) is 11.9 Å². The van der Waals surface area contributed by atoms with Crippen molar-refractivity contribution in [2.45, 2.75) is 26.7 Å². The van der Waals surface area contributed by atoms with Crippen molar-refractivity contribution >= 4 is 28.8 Å². The lowest BCUT2D eigenvalue weighted by molar-refractivity contribution is -0.114. The molecule has 24 heavy (non-hydrogen) atoms. The quantitative estimate of drug-likeness (QED) is 0.892. The zero-order valence-electron chi connectivity index (χ0n) is 14.2. The molecule has 1 fully saturated rings. The number of nitrogens with zero attached hydrogens (tertiary/aromatic N) is 2. The van der Waals surface area contributed by atoms with Gasteiger partial charge in [-0.25, -0.2) is 4.98 Å². The molecule has 2 aromatic rings. The molecule has 1 aromatic heterocycles. The van der Waals surface area contributed by atoms with Crippen LogP contribution in [0.2, 0.25) is 0 Å². The van der Waals surface area contributed by atoms with E-state index >= 15 is 0 Å². The second kappa shape index (κ2) is 7.34. The summed E-state index contributed by atoms with van der Waals surface area (Å²) in [4.78, 5) is 17.7. The number of pyridine rings is 1. The molecule has 0 aliphatic carbocycles. The molecule has 0 spiro atoms. The molecule has 0 bridgehead atoms. The summed E-state index contributed by atoms with van der Waals surface area (Å²) in [5, 5.41) is 5.99. The van der Waals surface area contributed by atoms with E-state index in [1.54, 1.807) is 12.3 Å². The first kappa shape index (κ1) is 16.3. The van der Waals surface area contributed by atoms with Crippen LogP contribution in [0.3, 0.4) is 0 Å². The second-order valence-electron chi connectivity index (χ2n) is 6.45. The lowest BCUT2D eigenvalue weighted by atomic mass is 9.99. The van der Waals surface area contributed by atoms with E-state index in [0.717, 1.165) is 30.4 Å². The molecule has 5 heteroatoms. The van der Waals surface area contributed by atoms with Gasteiger partial charge in [0.1, 0.15) is 5.82 Å². The smallest absolute Gasteiger partial charge is 0.222 e. The van der Waals surface area contributed by atoms with E-state index in [9.17, 15) is 4.79 Å². The third kappa shape index (κ3) is 4.25. The van der Waals surface area contributed by atoms with Gasteiger partial charge in [0, 0.05) is 31.4 Å². The summed E-state index contributed by atoms with van der Waals surface area (Å²) in [7, 11) is 0. The van der Waals surface area contributed by atoms with Crippen LogP contribution >= 0.6 is 0 Å². The summed E-state index contributed by atoms with van der Waals surface area (Å²) in [6.45, 7) is 6.08. The molecule has 2 heterocycles. The van der Waals surface area contributed by atoms with Gasteiger partial charge in [-0.3, -0.25) is 4.79 Å². The molecule has 1 aliphatic heterocycles. The van der Waals surface area contributed by atoms with Crippen molar-refractivity contribution in [2.75, 3.05) is 28.6 Å². The molecule has 3 rings (SSSR count). The molecule has 1 amide bonds. The van der Waals surface area contributed by atoms with Gasteiger partial charge < -0.3 is 15.5 Å². The number of carbonyl (C=O) groups is 1. The fraction of sp³-hybridized carbons (Fsp3) is 0.368. The maximum Gasteiger partial charge on any atom is 0.222 e. The van der Waals surface area contributed by atoms with Crippen LogP contribution in [0.15, 0.2) is 42.6 Å². The molecule has 1 aliphatic rings. The zero-order valence-corrected chi connectivity index (χ0v) is 14.2. The van der Waals surface area contributed by atoms with E-state index < -0.39 is 0 Å². The lowest BCUT2D eigenvalue weighted by Gasteiger charge is -2.32. The maximum atomic E-state index is 11.0. The van der Waals surface area contributed by atoms with Crippen molar-refractivity contribution in [3.05, 3.63) is 42.6 Å². The van der Waals surface area contributed by atoms with Crippen molar-refractivity contribution < 1.29 is 4.79 Å². The molecule has 126 valence electrons. The summed E-state index contributed by atoms with van der Waals surface area (Å²) in [5.74, 6) is 1.28. The first-order valence-electron chi connectivity index (χ1n) is 8.46. The van der Waals surface area contributed by atoms with Crippen LogP contribution in [0.25, 0.3) is 0 Å². The fourth-order valence-corrected chi connectivity index (χ4v) is 2.91. The number of hydrogen-bond donors (Lipinski definition) is 2. The molecule has 0 atom stereocenters. The van der Waals surface area contributed by atoms with E-state index in [1.165, 1.54) is 25.5 Å². The molecule has 1 saturated heterocycles. The van der Waals surface area contributed by atoms with Crippen LogP contribution < -0.4 is 15.5 Å². The van der Waals surface area contributed by atoms with Crippen LogP contribution in [0.4, 0.5) is 22.9 Å². The van der Waals surface area contributed by atoms with Crippen LogP contribution in [0, 0.1) is 5.92 Å². The Morgan fingerprint density at radius 2 is 1.75 bits per heavy atom. The maximum absolute atomic E-state index is 11.0. The molecule has 1 aromatic carbocycles. The normalized spacial score (nSPS) is 15.2. The largest absolute Gasteiger partial charge is 0.372 e. The first-order valence-corrected chi connectivity index (χ1v) is 8.46. The Bertz CT molecular complexity index is 674. The molecule has 0 saturated carbocycles. The van der Waals surface area contributed by atoms with E-state index in [0.29, 0.717) is 5.82 Å². The predicted octanol–water partition coefficient (Wildman–Crippen LogP) is 4.02. The minimum Gasteiger partial charge on any atom is -0.372 e. The van der Waals surface area contributed by atoms with Gasteiger partial charge in [0.25, 0.3) is 0 Å². The van der Waals surface area contributed by atoms with Crippen molar-refractivity contribution in [1.82, 2.24) is 4.98 Å². The predicted molar refractivity (Wildman–Crippen MR) is 98.9 cm³/mol. The average Bonchev–Trinajstić information content (AvgIpc) is 2.58. The minimum absolute atomic E-state index is 0.120. The fourth-order valence-electron chi connectivity index (χ4n) is 2.91. The zero-order chi connectivity index (χ0) is 16.9. The van der Waals surface area contributed by atoms with Gasteiger partial charge in [0.15, 0.2) is 0 Å². The van der Waals surface area contributed by atoms with E-state index in [-0.39, 0.29) is 5.91 Å². The Morgan fingerprint density at radius 3 is 2.33 bits per heavy atom. The number of aromatic nitrogens is 1. The summed E-state index contributed by atoms with van der Waals surface area (Å²) < 4.78 is 0. The number of nitrogens with one attached hydrogen (secondary N) is 2. The third-order valence-corrected chi connectivity index (χ3v) is 4.37. The molecular weight excluding hydrogens is 300 g/mol. The molecule has 0 radical (unpaired) electrons. The van der Waals surface area contributed by atoms with E-state index in [4.69, 9.17) is 0 Å². The van der Waals surface area contributed by atoms with Crippen LogP contribution in [-0.2, 0) is 4.79 Å². The first-order chi connectivity index (χ1) is 11.6. The number of rotatable bonds is 4. The Morgan fingerprint density at radius 1 is 1.08 bits per heavy atom. The van der Waals surface area contributed by atoms with Gasteiger partial charge in [-0.05, 0) is 55.2 Å². The summed E-state index contributed by atoms with van der Waals surface area (Å²) in [5.41, 5.74) is 3.20. The second-order valence-corrected chi connectivity index (χ2v) is 6.45. The SMILES string of the molecule is CC(=O)Nc1ccc(Nc2ccc(N3CCC(C)CC3)cc2)cn1. The van der Waals surface area contributed by atoms with Crippen molar-refractivity contribution in [3.8, 4) is 0 Å². The summed E-state index contributed by atoms with van der Waals surface area (Å²) >= 11 is 0. The van der Waals surface area contributed by atoms with Gasteiger partial charge in [-0.2, -0.15) is 0 Å². The number of anilines is 4. The van der Waals surface area contributed by atoms with Crippen molar-refractivity contribution in [3.63, 3.8) is 0 Å². The van der Waals surface area contributed by atoms with Crippen molar-refractivity contribution in [1.29, 1.82) is 0 Å². The van der Waals surface area contributed by atoms with Gasteiger partial charge >= 0.3 is 0 Å². The Kier molecular flexibility index (Phi) is 4.99. The Balaban J connectivity index is 1.60.